The van der Waals surface area contributed by atoms with E-state index in [1.54, 1.807) is 24.7 Å². The lowest BCUT2D eigenvalue weighted by atomic mass is 9.95. The third-order valence-corrected chi connectivity index (χ3v) is 6.31. The van der Waals surface area contributed by atoms with Crippen LogP contribution >= 0.6 is 0 Å². The van der Waals surface area contributed by atoms with Crippen molar-refractivity contribution in [2.45, 2.75) is 44.6 Å². The lowest BCUT2D eigenvalue weighted by Crippen LogP contribution is -2.25. The van der Waals surface area contributed by atoms with Gasteiger partial charge in [-0.15, -0.1) is 0 Å². The molecule has 32 heavy (non-hydrogen) atoms. The number of aromatic hydroxyl groups is 1. The van der Waals surface area contributed by atoms with Crippen LogP contribution in [0, 0.1) is 0 Å². The van der Waals surface area contributed by atoms with Crippen molar-refractivity contribution in [3.05, 3.63) is 72.2 Å². The van der Waals surface area contributed by atoms with E-state index in [1.165, 1.54) is 19.3 Å². The molecule has 1 aliphatic rings. The summed E-state index contributed by atoms with van der Waals surface area (Å²) in [5, 5.41) is 12.4. The van der Waals surface area contributed by atoms with Gasteiger partial charge in [0, 0.05) is 18.2 Å². The van der Waals surface area contributed by atoms with E-state index in [0.717, 1.165) is 40.8 Å². The van der Waals surface area contributed by atoms with Crippen molar-refractivity contribution >= 4 is 16.9 Å². The Balaban J connectivity index is 1.38. The summed E-state index contributed by atoms with van der Waals surface area (Å²) in [5.74, 6) is 1.04. The van der Waals surface area contributed by atoms with Crippen molar-refractivity contribution in [3.8, 4) is 17.1 Å². The number of phenolic OH excluding ortho intramolecular Hbond substituents is 1. The molecule has 0 saturated heterocycles. The van der Waals surface area contributed by atoms with Gasteiger partial charge in [-0.25, -0.2) is 4.98 Å². The first kappa shape index (κ1) is 20.4. The lowest BCUT2D eigenvalue weighted by Gasteiger charge is -2.25. The van der Waals surface area contributed by atoms with E-state index in [1.807, 2.05) is 36.4 Å². The molecule has 0 unspecified atom stereocenters. The summed E-state index contributed by atoms with van der Waals surface area (Å²) in [5.41, 5.74) is 4.53. The molecule has 1 saturated carbocycles. The molecule has 2 N–H and O–H groups in total. The molecule has 164 valence electrons. The van der Waals surface area contributed by atoms with Crippen LogP contribution in [0.5, 0.6) is 5.75 Å². The zero-order valence-corrected chi connectivity index (χ0v) is 18.0. The molecule has 2 heterocycles. The molecule has 2 aromatic heterocycles. The van der Waals surface area contributed by atoms with E-state index >= 15 is 0 Å². The minimum Gasteiger partial charge on any atom is -0.508 e. The minimum absolute atomic E-state index is 0.109. The first-order chi connectivity index (χ1) is 15.7. The molecular weight excluding hydrogens is 402 g/mol. The van der Waals surface area contributed by atoms with E-state index < -0.39 is 0 Å². The lowest BCUT2D eigenvalue weighted by molar-refractivity contribution is 0.0954. The number of furan rings is 1. The fourth-order valence-electron chi connectivity index (χ4n) is 4.63. The molecule has 0 spiro atoms. The molecule has 0 atom stereocenters. The number of hydrogen-bond donors (Lipinski definition) is 2. The first-order valence-corrected chi connectivity index (χ1v) is 11.3. The molecule has 0 bridgehead atoms. The zero-order valence-electron chi connectivity index (χ0n) is 18.0. The smallest absolute Gasteiger partial charge is 0.251 e. The third kappa shape index (κ3) is 4.13. The summed E-state index contributed by atoms with van der Waals surface area (Å²) in [4.78, 5) is 17.7. The Hall–Kier alpha value is -3.54. The minimum atomic E-state index is -0.109. The summed E-state index contributed by atoms with van der Waals surface area (Å²) in [6.45, 7) is 0.526. The third-order valence-electron chi connectivity index (χ3n) is 6.31. The van der Waals surface area contributed by atoms with E-state index in [-0.39, 0.29) is 11.7 Å². The summed E-state index contributed by atoms with van der Waals surface area (Å²) >= 11 is 0. The van der Waals surface area contributed by atoms with Gasteiger partial charge in [0.05, 0.1) is 22.9 Å². The number of carbonyl (C=O) groups excluding carboxylic acids is 1. The molecule has 0 aliphatic heterocycles. The molecule has 2 aromatic carbocycles. The molecule has 5 rings (SSSR count). The van der Waals surface area contributed by atoms with Gasteiger partial charge in [-0.1, -0.05) is 31.4 Å². The number of amides is 1. The van der Waals surface area contributed by atoms with Crippen LogP contribution in [0.4, 0.5) is 0 Å². The van der Waals surface area contributed by atoms with Gasteiger partial charge in [-0.3, -0.25) is 4.79 Å². The Morgan fingerprint density at radius 2 is 1.91 bits per heavy atom. The van der Waals surface area contributed by atoms with Crippen molar-refractivity contribution in [2.24, 2.45) is 0 Å². The second-order valence-electron chi connectivity index (χ2n) is 8.49. The maximum atomic E-state index is 12.8. The fourth-order valence-corrected chi connectivity index (χ4v) is 4.63. The topological polar surface area (TPSA) is 80.3 Å². The highest BCUT2D eigenvalue weighted by Gasteiger charge is 2.23. The van der Waals surface area contributed by atoms with Gasteiger partial charge in [0.1, 0.15) is 17.8 Å². The number of imidazole rings is 1. The summed E-state index contributed by atoms with van der Waals surface area (Å²) in [7, 11) is 0. The number of carbonyl (C=O) groups is 1. The van der Waals surface area contributed by atoms with Gasteiger partial charge in [-0.2, -0.15) is 0 Å². The van der Waals surface area contributed by atoms with Crippen molar-refractivity contribution in [1.29, 1.82) is 0 Å². The van der Waals surface area contributed by atoms with Crippen molar-refractivity contribution in [1.82, 2.24) is 14.9 Å². The highest BCUT2D eigenvalue weighted by atomic mass is 16.3. The van der Waals surface area contributed by atoms with Gasteiger partial charge in [-0.05, 0) is 61.2 Å². The van der Waals surface area contributed by atoms with Crippen molar-refractivity contribution < 1.29 is 14.3 Å². The molecule has 0 radical (unpaired) electrons. The number of benzene rings is 2. The Morgan fingerprint density at radius 3 is 2.66 bits per heavy atom. The molecule has 6 heteroatoms. The predicted molar refractivity (Wildman–Crippen MR) is 124 cm³/mol. The Labute approximate surface area is 186 Å². The summed E-state index contributed by atoms with van der Waals surface area (Å²) in [6, 6.07) is 15.2. The maximum absolute atomic E-state index is 12.8. The standard InChI is InChI=1S/C26H27N3O3/c30-22-9-6-18(7-10-22)12-14-27-26(31)19-8-11-24-23(16-19)28-25(20-13-15-32-17-20)29(24)21-4-2-1-3-5-21/h6-11,13,15-17,21,30H,1-5,12,14H2,(H,27,31). The number of nitrogens with zero attached hydrogens (tertiary/aromatic N) is 2. The molecule has 1 fully saturated rings. The number of nitrogens with one attached hydrogen (secondary N) is 1. The van der Waals surface area contributed by atoms with E-state index in [0.29, 0.717) is 24.6 Å². The zero-order chi connectivity index (χ0) is 21.9. The second kappa shape index (κ2) is 8.91. The average molecular weight is 430 g/mol. The Kier molecular flexibility index (Phi) is 5.67. The normalized spacial score (nSPS) is 14.6. The van der Waals surface area contributed by atoms with Gasteiger partial charge < -0.3 is 19.4 Å². The van der Waals surface area contributed by atoms with E-state index in [9.17, 15) is 9.90 Å². The molecule has 1 amide bonds. The Morgan fingerprint density at radius 1 is 1.09 bits per heavy atom. The largest absolute Gasteiger partial charge is 0.508 e. The predicted octanol–water partition coefficient (Wildman–Crippen LogP) is 5.48. The second-order valence-corrected chi connectivity index (χ2v) is 8.49. The quantitative estimate of drug-likeness (QED) is 0.425. The number of phenols is 1. The van der Waals surface area contributed by atoms with E-state index in [2.05, 4.69) is 9.88 Å². The van der Waals surface area contributed by atoms with Crippen LogP contribution in [-0.4, -0.2) is 27.1 Å². The SMILES string of the molecule is O=C(NCCc1ccc(O)cc1)c1ccc2c(c1)nc(-c1ccoc1)n2C1CCCCC1. The molecule has 4 aromatic rings. The summed E-state index contributed by atoms with van der Waals surface area (Å²) in [6.07, 6.45) is 10.2. The maximum Gasteiger partial charge on any atom is 0.251 e. The van der Waals surface area contributed by atoms with Crippen molar-refractivity contribution in [3.63, 3.8) is 0 Å². The van der Waals surface area contributed by atoms with Crippen LogP contribution in [0.1, 0.15) is 54.1 Å². The highest BCUT2D eigenvalue weighted by Crippen LogP contribution is 2.36. The van der Waals surface area contributed by atoms with Gasteiger partial charge in [0.25, 0.3) is 5.91 Å². The number of fused-ring (bicyclic) bond motifs is 1. The van der Waals surface area contributed by atoms with Crippen LogP contribution in [0.3, 0.4) is 0 Å². The number of aromatic nitrogens is 2. The van der Waals surface area contributed by atoms with Gasteiger partial charge >= 0.3 is 0 Å². The first-order valence-electron chi connectivity index (χ1n) is 11.3. The molecule has 6 nitrogen and oxygen atoms in total. The van der Waals surface area contributed by atoms with Crippen molar-refractivity contribution in [2.75, 3.05) is 6.54 Å². The average Bonchev–Trinajstić information content (AvgIpc) is 3.48. The molecular formula is C26H27N3O3. The highest BCUT2D eigenvalue weighted by molar-refractivity contribution is 5.97. The monoisotopic (exact) mass is 429 g/mol. The van der Waals surface area contributed by atoms with E-state index in [4.69, 9.17) is 9.40 Å². The van der Waals surface area contributed by atoms with Crippen LogP contribution in [0.2, 0.25) is 0 Å². The van der Waals surface area contributed by atoms with Gasteiger partial charge in [0.2, 0.25) is 0 Å². The summed E-state index contributed by atoms with van der Waals surface area (Å²) < 4.78 is 7.66. The van der Waals surface area contributed by atoms with Crippen LogP contribution in [-0.2, 0) is 6.42 Å². The van der Waals surface area contributed by atoms with Crippen LogP contribution in [0.15, 0.2) is 65.5 Å². The van der Waals surface area contributed by atoms with Crippen LogP contribution in [0.25, 0.3) is 22.4 Å². The number of hydrogen-bond acceptors (Lipinski definition) is 4. The van der Waals surface area contributed by atoms with Gasteiger partial charge in [0.15, 0.2) is 0 Å². The molecule has 1 aliphatic carbocycles. The Bertz CT molecular complexity index is 1200. The fraction of sp³-hybridized carbons (Fsp3) is 0.308. The number of rotatable bonds is 6. The van der Waals surface area contributed by atoms with Crippen LogP contribution < -0.4 is 5.32 Å².